The van der Waals surface area contributed by atoms with E-state index in [1.165, 1.54) is 5.56 Å². The van der Waals surface area contributed by atoms with Crippen molar-refractivity contribution in [1.82, 2.24) is 9.78 Å². The molecule has 0 amide bonds. The van der Waals surface area contributed by atoms with Gasteiger partial charge in [-0.1, -0.05) is 44.5 Å². The molecule has 1 aromatic carbocycles. The fourth-order valence-electron chi connectivity index (χ4n) is 2.32. The molecular weight excluding hydrogens is 224 g/mol. The summed E-state index contributed by atoms with van der Waals surface area (Å²) in [5, 5.41) is 14.2. The van der Waals surface area contributed by atoms with Crippen molar-refractivity contribution in [2.24, 2.45) is 7.05 Å². The van der Waals surface area contributed by atoms with Crippen molar-refractivity contribution < 1.29 is 5.11 Å². The highest BCUT2D eigenvalue weighted by Gasteiger charge is 2.27. The zero-order chi connectivity index (χ0) is 13.5. The lowest BCUT2D eigenvalue weighted by atomic mass is 9.85. The Kier molecular flexibility index (Phi) is 2.93. The molecule has 3 nitrogen and oxygen atoms in total. The average Bonchev–Trinajstić information content (AvgIpc) is 2.53. The van der Waals surface area contributed by atoms with Gasteiger partial charge in [0.05, 0.1) is 5.69 Å². The van der Waals surface area contributed by atoms with Crippen molar-refractivity contribution >= 4 is 0 Å². The van der Waals surface area contributed by atoms with Gasteiger partial charge < -0.3 is 5.11 Å². The molecule has 0 saturated carbocycles. The molecule has 0 fully saturated rings. The summed E-state index contributed by atoms with van der Waals surface area (Å²) in [7, 11) is 1.87. The SMILES string of the molecule is Cc1cccc(-c2c(C(C)(C)C)c(O)nn2C)c1. The molecule has 1 heterocycles. The molecule has 1 aromatic heterocycles. The number of aryl methyl sites for hydroxylation is 2. The third-order valence-corrected chi connectivity index (χ3v) is 3.07. The Morgan fingerprint density at radius 1 is 1.22 bits per heavy atom. The van der Waals surface area contributed by atoms with Crippen molar-refractivity contribution in [3.63, 3.8) is 0 Å². The molecule has 0 aliphatic carbocycles. The average molecular weight is 244 g/mol. The Morgan fingerprint density at radius 2 is 1.89 bits per heavy atom. The Balaban J connectivity index is 2.71. The number of aromatic hydroxyl groups is 1. The first-order valence-electron chi connectivity index (χ1n) is 6.14. The predicted molar refractivity (Wildman–Crippen MR) is 73.7 cm³/mol. The number of hydrogen-bond donors (Lipinski definition) is 1. The van der Waals surface area contributed by atoms with Crippen molar-refractivity contribution in [2.45, 2.75) is 33.1 Å². The van der Waals surface area contributed by atoms with Crippen LogP contribution in [0.25, 0.3) is 11.3 Å². The molecule has 0 aliphatic rings. The molecule has 0 aliphatic heterocycles. The summed E-state index contributed by atoms with van der Waals surface area (Å²) in [5.74, 6) is 0.126. The van der Waals surface area contributed by atoms with Crippen LogP contribution in [-0.4, -0.2) is 14.9 Å². The summed E-state index contributed by atoms with van der Waals surface area (Å²) in [6, 6.07) is 8.27. The minimum Gasteiger partial charge on any atom is -0.492 e. The molecular formula is C15H20N2O. The van der Waals surface area contributed by atoms with Crippen LogP contribution in [-0.2, 0) is 12.5 Å². The summed E-state index contributed by atoms with van der Waals surface area (Å²) in [6.45, 7) is 8.32. The van der Waals surface area contributed by atoms with Gasteiger partial charge in [0.2, 0.25) is 5.88 Å². The monoisotopic (exact) mass is 244 g/mol. The minimum atomic E-state index is -0.141. The molecule has 96 valence electrons. The zero-order valence-corrected chi connectivity index (χ0v) is 11.7. The Labute approximate surface area is 108 Å². The maximum atomic E-state index is 10.0. The van der Waals surface area contributed by atoms with Gasteiger partial charge in [-0.2, -0.15) is 0 Å². The van der Waals surface area contributed by atoms with Crippen LogP contribution in [0.5, 0.6) is 5.88 Å². The van der Waals surface area contributed by atoms with Crippen LogP contribution in [0.15, 0.2) is 24.3 Å². The molecule has 3 heteroatoms. The Hall–Kier alpha value is -1.77. The number of rotatable bonds is 1. The van der Waals surface area contributed by atoms with Crippen LogP contribution in [0.2, 0.25) is 0 Å². The van der Waals surface area contributed by atoms with E-state index in [2.05, 4.69) is 51.0 Å². The summed E-state index contributed by atoms with van der Waals surface area (Å²) in [4.78, 5) is 0. The minimum absolute atomic E-state index is 0.126. The van der Waals surface area contributed by atoms with E-state index in [1.807, 2.05) is 13.1 Å². The predicted octanol–water partition coefficient (Wildman–Crippen LogP) is 3.40. The highest BCUT2D eigenvalue weighted by molar-refractivity contribution is 5.68. The summed E-state index contributed by atoms with van der Waals surface area (Å²) in [5.41, 5.74) is 4.04. The van der Waals surface area contributed by atoms with Gasteiger partial charge in [0.25, 0.3) is 0 Å². The van der Waals surface area contributed by atoms with E-state index in [9.17, 15) is 5.11 Å². The fraction of sp³-hybridized carbons (Fsp3) is 0.400. The van der Waals surface area contributed by atoms with Crippen LogP contribution in [0.1, 0.15) is 31.9 Å². The molecule has 0 spiro atoms. The van der Waals surface area contributed by atoms with Gasteiger partial charge in [0.15, 0.2) is 0 Å². The normalized spacial score (nSPS) is 11.8. The third-order valence-electron chi connectivity index (χ3n) is 3.07. The summed E-state index contributed by atoms with van der Waals surface area (Å²) < 4.78 is 1.75. The van der Waals surface area contributed by atoms with Crippen LogP contribution in [0.3, 0.4) is 0 Å². The second kappa shape index (κ2) is 4.16. The lowest BCUT2D eigenvalue weighted by Gasteiger charge is -2.19. The molecule has 2 aromatic rings. The number of nitrogens with zero attached hydrogens (tertiary/aromatic N) is 2. The van der Waals surface area contributed by atoms with Crippen molar-refractivity contribution in [1.29, 1.82) is 0 Å². The molecule has 2 rings (SSSR count). The lowest BCUT2D eigenvalue weighted by Crippen LogP contribution is -2.12. The maximum Gasteiger partial charge on any atom is 0.234 e. The quantitative estimate of drug-likeness (QED) is 0.835. The first-order valence-corrected chi connectivity index (χ1v) is 6.14. The number of benzene rings is 1. The summed E-state index contributed by atoms with van der Waals surface area (Å²) >= 11 is 0. The molecule has 0 saturated heterocycles. The largest absolute Gasteiger partial charge is 0.492 e. The van der Waals surface area contributed by atoms with Gasteiger partial charge >= 0.3 is 0 Å². The fourth-order valence-corrected chi connectivity index (χ4v) is 2.32. The summed E-state index contributed by atoms with van der Waals surface area (Å²) in [6.07, 6.45) is 0. The van der Waals surface area contributed by atoms with E-state index < -0.39 is 0 Å². The van der Waals surface area contributed by atoms with Crippen LogP contribution in [0.4, 0.5) is 0 Å². The first kappa shape index (κ1) is 12.7. The lowest BCUT2D eigenvalue weighted by molar-refractivity contribution is 0.425. The van der Waals surface area contributed by atoms with Gasteiger partial charge in [0.1, 0.15) is 0 Å². The van der Waals surface area contributed by atoms with Gasteiger partial charge in [-0.05, 0) is 18.4 Å². The van der Waals surface area contributed by atoms with Crippen molar-refractivity contribution in [3.05, 3.63) is 35.4 Å². The molecule has 0 unspecified atom stereocenters. The standard InChI is InChI=1S/C15H20N2O/c1-10-7-6-8-11(9-10)13-12(15(2,3)4)14(18)16-17(13)5/h6-9H,1-5H3,(H,16,18). The van der Waals surface area contributed by atoms with Crippen LogP contribution in [0, 0.1) is 6.92 Å². The second-order valence-electron chi connectivity index (χ2n) is 5.79. The maximum absolute atomic E-state index is 10.0. The molecule has 0 atom stereocenters. The Morgan fingerprint density at radius 3 is 2.44 bits per heavy atom. The van der Waals surface area contributed by atoms with Gasteiger partial charge in [-0.15, -0.1) is 5.10 Å². The number of hydrogen-bond acceptors (Lipinski definition) is 2. The Bertz CT molecular complexity index is 577. The molecule has 1 N–H and O–H groups in total. The van der Waals surface area contributed by atoms with Crippen molar-refractivity contribution in [3.8, 4) is 17.1 Å². The van der Waals surface area contributed by atoms with Crippen LogP contribution < -0.4 is 0 Å². The smallest absolute Gasteiger partial charge is 0.234 e. The van der Waals surface area contributed by atoms with E-state index in [1.54, 1.807) is 4.68 Å². The van der Waals surface area contributed by atoms with Gasteiger partial charge in [0, 0.05) is 18.2 Å². The van der Waals surface area contributed by atoms with Crippen molar-refractivity contribution in [2.75, 3.05) is 0 Å². The topological polar surface area (TPSA) is 38.1 Å². The number of aromatic nitrogens is 2. The zero-order valence-electron chi connectivity index (χ0n) is 11.7. The van der Waals surface area contributed by atoms with E-state index in [4.69, 9.17) is 0 Å². The molecule has 18 heavy (non-hydrogen) atoms. The van der Waals surface area contributed by atoms with E-state index in [-0.39, 0.29) is 11.3 Å². The van der Waals surface area contributed by atoms with Gasteiger partial charge in [-0.25, -0.2) is 0 Å². The van der Waals surface area contributed by atoms with E-state index in [0.717, 1.165) is 16.8 Å². The molecule has 0 radical (unpaired) electrons. The van der Waals surface area contributed by atoms with Gasteiger partial charge in [-0.3, -0.25) is 4.68 Å². The highest BCUT2D eigenvalue weighted by Crippen LogP contribution is 2.38. The highest BCUT2D eigenvalue weighted by atomic mass is 16.3. The first-order chi connectivity index (χ1) is 8.30. The van der Waals surface area contributed by atoms with E-state index >= 15 is 0 Å². The second-order valence-corrected chi connectivity index (χ2v) is 5.79. The van der Waals surface area contributed by atoms with E-state index in [0.29, 0.717) is 0 Å². The third kappa shape index (κ3) is 2.13. The molecule has 0 bridgehead atoms. The van der Waals surface area contributed by atoms with Crippen LogP contribution >= 0.6 is 0 Å².